The molecule has 0 spiro atoms. The molecule has 3 rings (SSSR count). The minimum Gasteiger partial charge on any atom is -0.497 e. The number of nitrogens with zero attached hydrogens (tertiary/aromatic N) is 2. The second-order valence-electron chi connectivity index (χ2n) is 6.66. The Kier molecular flexibility index (Phi) is 6.04. The third kappa shape index (κ3) is 4.20. The predicted molar refractivity (Wildman–Crippen MR) is 113 cm³/mol. The maximum absolute atomic E-state index is 12.9. The van der Waals surface area contributed by atoms with Gasteiger partial charge in [0.05, 0.1) is 23.3 Å². The summed E-state index contributed by atoms with van der Waals surface area (Å²) in [6.45, 7) is 5.67. The van der Waals surface area contributed by atoms with E-state index in [0.717, 1.165) is 5.75 Å². The van der Waals surface area contributed by atoms with Gasteiger partial charge >= 0.3 is 0 Å². The standard InChI is InChI=1S/C21H23N3O3S/c1-13(2)24-20(26)17-7-5-6-8-18(17)23-21(24)28-14(3)19(25)22-15-9-11-16(27-4)12-10-15/h5-14H,1-4H3,(H,22,25)/t14-/m1/s1. The summed E-state index contributed by atoms with van der Waals surface area (Å²) in [6.07, 6.45) is 0. The lowest BCUT2D eigenvalue weighted by atomic mass is 10.2. The van der Waals surface area contributed by atoms with E-state index in [0.29, 0.717) is 21.7 Å². The Bertz CT molecular complexity index is 1040. The molecule has 7 heteroatoms. The van der Waals surface area contributed by atoms with Crippen molar-refractivity contribution < 1.29 is 9.53 Å². The van der Waals surface area contributed by atoms with Gasteiger partial charge < -0.3 is 10.1 Å². The molecule has 0 fully saturated rings. The molecule has 1 atom stereocenters. The summed E-state index contributed by atoms with van der Waals surface area (Å²) in [6, 6.07) is 14.3. The van der Waals surface area contributed by atoms with Crippen LogP contribution in [0.5, 0.6) is 5.75 Å². The molecule has 0 unspecified atom stereocenters. The van der Waals surface area contributed by atoms with Crippen LogP contribution >= 0.6 is 11.8 Å². The number of methoxy groups -OCH3 is 1. The summed E-state index contributed by atoms with van der Waals surface area (Å²) in [4.78, 5) is 30.2. The molecule has 0 saturated carbocycles. The number of carbonyl (C=O) groups excluding carboxylic acids is 1. The number of nitrogens with one attached hydrogen (secondary N) is 1. The third-order valence-corrected chi connectivity index (χ3v) is 5.37. The van der Waals surface area contributed by atoms with E-state index in [1.165, 1.54) is 11.8 Å². The average Bonchev–Trinajstić information content (AvgIpc) is 2.68. The van der Waals surface area contributed by atoms with Gasteiger partial charge in [0.2, 0.25) is 5.91 Å². The van der Waals surface area contributed by atoms with Gasteiger partial charge in [-0.15, -0.1) is 0 Å². The van der Waals surface area contributed by atoms with Gasteiger partial charge in [-0.05, 0) is 57.2 Å². The molecule has 28 heavy (non-hydrogen) atoms. The number of carbonyl (C=O) groups is 1. The van der Waals surface area contributed by atoms with E-state index < -0.39 is 5.25 Å². The zero-order valence-corrected chi connectivity index (χ0v) is 17.1. The van der Waals surface area contributed by atoms with Crippen LogP contribution in [-0.2, 0) is 4.79 Å². The normalized spacial score (nSPS) is 12.2. The fraction of sp³-hybridized carbons (Fsp3) is 0.286. The number of hydrogen-bond donors (Lipinski definition) is 1. The van der Waals surface area contributed by atoms with E-state index >= 15 is 0 Å². The second kappa shape index (κ2) is 8.48. The van der Waals surface area contributed by atoms with Crippen molar-refractivity contribution in [3.05, 3.63) is 58.9 Å². The van der Waals surface area contributed by atoms with E-state index in [1.54, 1.807) is 48.9 Å². The number of anilines is 1. The number of fused-ring (bicyclic) bond motifs is 1. The molecule has 1 N–H and O–H groups in total. The lowest BCUT2D eigenvalue weighted by molar-refractivity contribution is -0.115. The zero-order chi connectivity index (χ0) is 20.3. The van der Waals surface area contributed by atoms with E-state index in [-0.39, 0.29) is 17.5 Å². The molecule has 3 aromatic rings. The number of aromatic nitrogens is 2. The van der Waals surface area contributed by atoms with Crippen LogP contribution in [-0.4, -0.2) is 27.8 Å². The molecular weight excluding hydrogens is 374 g/mol. The summed E-state index contributed by atoms with van der Waals surface area (Å²) in [5, 5.41) is 3.57. The summed E-state index contributed by atoms with van der Waals surface area (Å²) >= 11 is 1.28. The van der Waals surface area contributed by atoms with Gasteiger partial charge in [-0.1, -0.05) is 23.9 Å². The van der Waals surface area contributed by atoms with Crippen molar-refractivity contribution in [3.8, 4) is 5.75 Å². The first-order valence-electron chi connectivity index (χ1n) is 9.03. The SMILES string of the molecule is COc1ccc(NC(=O)[C@@H](C)Sc2nc3ccccc3c(=O)n2C(C)C)cc1. The number of thioether (sulfide) groups is 1. The fourth-order valence-corrected chi connectivity index (χ4v) is 3.83. The Morgan fingerprint density at radius 3 is 2.43 bits per heavy atom. The monoisotopic (exact) mass is 397 g/mol. The van der Waals surface area contributed by atoms with Crippen molar-refractivity contribution in [2.45, 2.75) is 37.2 Å². The molecule has 0 aliphatic carbocycles. The zero-order valence-electron chi connectivity index (χ0n) is 16.3. The van der Waals surface area contributed by atoms with Crippen LogP contribution in [0.4, 0.5) is 5.69 Å². The van der Waals surface area contributed by atoms with E-state index in [9.17, 15) is 9.59 Å². The van der Waals surface area contributed by atoms with Crippen LogP contribution in [0.25, 0.3) is 10.9 Å². The van der Waals surface area contributed by atoms with Gasteiger partial charge in [-0.2, -0.15) is 0 Å². The molecular formula is C21H23N3O3S. The van der Waals surface area contributed by atoms with E-state index in [1.807, 2.05) is 32.0 Å². The van der Waals surface area contributed by atoms with E-state index in [4.69, 9.17) is 4.74 Å². The first-order valence-corrected chi connectivity index (χ1v) is 9.91. The number of amides is 1. The Morgan fingerprint density at radius 2 is 1.79 bits per heavy atom. The Labute approximate surface area is 167 Å². The van der Waals surface area contributed by atoms with Crippen LogP contribution in [0.3, 0.4) is 0 Å². The van der Waals surface area contributed by atoms with Crippen LogP contribution in [0.1, 0.15) is 26.8 Å². The average molecular weight is 398 g/mol. The van der Waals surface area contributed by atoms with Crippen molar-refractivity contribution in [3.63, 3.8) is 0 Å². The van der Waals surface area contributed by atoms with Gasteiger partial charge in [0.1, 0.15) is 5.75 Å². The second-order valence-corrected chi connectivity index (χ2v) is 7.97. The summed E-state index contributed by atoms with van der Waals surface area (Å²) in [7, 11) is 1.59. The highest BCUT2D eigenvalue weighted by Crippen LogP contribution is 2.26. The highest BCUT2D eigenvalue weighted by molar-refractivity contribution is 8.00. The lowest BCUT2D eigenvalue weighted by Gasteiger charge is -2.18. The molecule has 1 aromatic heterocycles. The largest absolute Gasteiger partial charge is 0.497 e. The maximum Gasteiger partial charge on any atom is 0.262 e. The number of rotatable bonds is 6. The van der Waals surface area contributed by atoms with Crippen molar-refractivity contribution in [2.24, 2.45) is 0 Å². The van der Waals surface area contributed by atoms with Gasteiger partial charge in [0.25, 0.3) is 5.56 Å². The fourth-order valence-electron chi connectivity index (χ4n) is 2.79. The summed E-state index contributed by atoms with van der Waals surface area (Å²) in [5.41, 5.74) is 1.23. The quantitative estimate of drug-likeness (QED) is 0.501. The van der Waals surface area contributed by atoms with Crippen molar-refractivity contribution >= 4 is 34.3 Å². The molecule has 0 aliphatic heterocycles. The molecule has 0 saturated heterocycles. The van der Waals surface area contributed by atoms with Crippen LogP contribution < -0.4 is 15.6 Å². The highest BCUT2D eigenvalue weighted by atomic mass is 32.2. The van der Waals surface area contributed by atoms with Crippen molar-refractivity contribution in [1.29, 1.82) is 0 Å². The minimum atomic E-state index is -0.430. The number of ether oxygens (including phenoxy) is 1. The Balaban J connectivity index is 1.85. The Hall–Kier alpha value is -2.80. The van der Waals surface area contributed by atoms with Gasteiger partial charge in [0.15, 0.2) is 5.16 Å². The van der Waals surface area contributed by atoms with Crippen LogP contribution in [0.15, 0.2) is 58.5 Å². The predicted octanol–water partition coefficient (Wildman–Crippen LogP) is 4.11. The van der Waals surface area contributed by atoms with Crippen LogP contribution in [0.2, 0.25) is 0 Å². The molecule has 1 amide bonds. The summed E-state index contributed by atoms with van der Waals surface area (Å²) in [5.74, 6) is 0.564. The lowest BCUT2D eigenvalue weighted by Crippen LogP contribution is -2.28. The molecule has 2 aromatic carbocycles. The third-order valence-electron chi connectivity index (χ3n) is 4.30. The number of para-hydroxylation sites is 1. The minimum absolute atomic E-state index is 0.0658. The van der Waals surface area contributed by atoms with Gasteiger partial charge in [-0.3, -0.25) is 14.2 Å². The van der Waals surface area contributed by atoms with Crippen LogP contribution in [0, 0.1) is 0 Å². The first-order chi connectivity index (χ1) is 13.4. The van der Waals surface area contributed by atoms with Gasteiger partial charge in [0, 0.05) is 11.7 Å². The smallest absolute Gasteiger partial charge is 0.262 e. The number of hydrogen-bond acceptors (Lipinski definition) is 5. The Morgan fingerprint density at radius 1 is 1.11 bits per heavy atom. The molecule has 1 heterocycles. The summed E-state index contributed by atoms with van der Waals surface area (Å²) < 4.78 is 6.77. The van der Waals surface area contributed by atoms with Gasteiger partial charge in [-0.25, -0.2) is 4.98 Å². The molecule has 0 radical (unpaired) electrons. The van der Waals surface area contributed by atoms with Crippen molar-refractivity contribution in [1.82, 2.24) is 9.55 Å². The topological polar surface area (TPSA) is 73.2 Å². The van der Waals surface area contributed by atoms with E-state index in [2.05, 4.69) is 10.3 Å². The first kappa shape index (κ1) is 19.9. The molecule has 6 nitrogen and oxygen atoms in total. The maximum atomic E-state index is 12.9. The molecule has 146 valence electrons. The molecule has 0 aliphatic rings. The number of benzene rings is 2. The molecule has 0 bridgehead atoms. The highest BCUT2D eigenvalue weighted by Gasteiger charge is 2.20. The van der Waals surface area contributed by atoms with Crippen molar-refractivity contribution in [2.75, 3.05) is 12.4 Å².